The zero-order valence-electron chi connectivity index (χ0n) is 9.85. The predicted molar refractivity (Wildman–Crippen MR) is 68.3 cm³/mol. The fourth-order valence-corrected chi connectivity index (χ4v) is 1.59. The number of hydrogen-bond acceptors (Lipinski definition) is 4. The number of aromatic nitrogens is 2. The summed E-state index contributed by atoms with van der Waals surface area (Å²) in [6, 6.07) is 8.30. The molecule has 0 saturated carbocycles. The summed E-state index contributed by atoms with van der Waals surface area (Å²) in [5.74, 6) is 1.20. The van der Waals surface area contributed by atoms with Gasteiger partial charge in [0.1, 0.15) is 11.6 Å². The van der Waals surface area contributed by atoms with Crippen molar-refractivity contribution in [2.24, 2.45) is 5.73 Å². The highest BCUT2D eigenvalue weighted by Gasteiger charge is 2.03. The number of nitrogens with two attached hydrogens (primary N) is 2. The van der Waals surface area contributed by atoms with Crippen LogP contribution in [0, 0.1) is 6.92 Å². The molecule has 4 heteroatoms. The second-order valence-electron chi connectivity index (χ2n) is 4.06. The summed E-state index contributed by atoms with van der Waals surface area (Å²) in [5.41, 5.74) is 14.5. The maximum atomic E-state index is 5.78. The molecule has 0 fully saturated rings. The molecule has 4 nitrogen and oxygen atoms in total. The van der Waals surface area contributed by atoms with Crippen LogP contribution in [0.4, 0.5) is 5.82 Å². The minimum atomic E-state index is 0.372. The second-order valence-corrected chi connectivity index (χ2v) is 4.06. The van der Waals surface area contributed by atoms with E-state index in [0.29, 0.717) is 18.8 Å². The van der Waals surface area contributed by atoms with Gasteiger partial charge in [-0.05, 0) is 12.5 Å². The minimum Gasteiger partial charge on any atom is -0.383 e. The summed E-state index contributed by atoms with van der Waals surface area (Å²) in [5, 5.41) is 0. The summed E-state index contributed by atoms with van der Waals surface area (Å²) in [6.45, 7) is 2.44. The highest BCUT2D eigenvalue weighted by molar-refractivity contribution is 5.38. The van der Waals surface area contributed by atoms with E-state index in [-0.39, 0.29) is 0 Å². The van der Waals surface area contributed by atoms with Gasteiger partial charge in [-0.2, -0.15) is 0 Å². The molecule has 1 aromatic heterocycles. The largest absolute Gasteiger partial charge is 0.383 e. The monoisotopic (exact) mass is 228 g/mol. The number of nitrogen functional groups attached to an aromatic ring is 1. The van der Waals surface area contributed by atoms with Gasteiger partial charge < -0.3 is 11.5 Å². The van der Waals surface area contributed by atoms with Crippen molar-refractivity contribution < 1.29 is 0 Å². The number of rotatable bonds is 3. The highest BCUT2D eigenvalue weighted by Crippen LogP contribution is 2.11. The van der Waals surface area contributed by atoms with E-state index in [1.807, 2.05) is 0 Å². The molecule has 0 radical (unpaired) electrons. The van der Waals surface area contributed by atoms with E-state index in [9.17, 15) is 0 Å². The molecule has 2 rings (SSSR count). The Balaban J connectivity index is 2.19. The highest BCUT2D eigenvalue weighted by atomic mass is 14.9. The maximum Gasteiger partial charge on any atom is 0.135 e. The van der Waals surface area contributed by atoms with Crippen LogP contribution in [0.1, 0.15) is 22.5 Å². The maximum absolute atomic E-state index is 5.78. The molecule has 0 atom stereocenters. The first-order valence-electron chi connectivity index (χ1n) is 5.55. The van der Waals surface area contributed by atoms with Crippen LogP contribution in [0.25, 0.3) is 0 Å². The smallest absolute Gasteiger partial charge is 0.135 e. The van der Waals surface area contributed by atoms with E-state index >= 15 is 0 Å². The van der Waals surface area contributed by atoms with E-state index in [4.69, 9.17) is 11.5 Å². The lowest BCUT2D eigenvalue weighted by atomic mass is 10.1. The number of hydrogen-bond donors (Lipinski definition) is 2. The van der Waals surface area contributed by atoms with E-state index in [1.165, 1.54) is 11.1 Å². The Morgan fingerprint density at radius 1 is 1.18 bits per heavy atom. The van der Waals surface area contributed by atoms with Crippen molar-refractivity contribution >= 4 is 5.82 Å². The Kier molecular flexibility index (Phi) is 3.35. The van der Waals surface area contributed by atoms with Gasteiger partial charge in [0.05, 0.1) is 0 Å². The predicted octanol–water partition coefficient (Wildman–Crippen LogP) is 1.42. The molecule has 17 heavy (non-hydrogen) atoms. The fourth-order valence-electron chi connectivity index (χ4n) is 1.59. The van der Waals surface area contributed by atoms with Gasteiger partial charge in [-0.1, -0.05) is 29.8 Å². The van der Waals surface area contributed by atoms with Gasteiger partial charge in [0.2, 0.25) is 0 Å². The lowest BCUT2D eigenvalue weighted by molar-refractivity contribution is 0.933. The van der Waals surface area contributed by atoms with Crippen LogP contribution < -0.4 is 11.5 Å². The van der Waals surface area contributed by atoms with Crippen LogP contribution in [-0.2, 0) is 13.0 Å². The van der Waals surface area contributed by atoms with Crippen LogP contribution in [0.15, 0.2) is 30.5 Å². The minimum absolute atomic E-state index is 0.372. The molecule has 1 aromatic carbocycles. The summed E-state index contributed by atoms with van der Waals surface area (Å²) in [7, 11) is 0. The van der Waals surface area contributed by atoms with E-state index in [1.54, 1.807) is 6.20 Å². The van der Waals surface area contributed by atoms with Crippen molar-refractivity contribution in [3.8, 4) is 0 Å². The van der Waals surface area contributed by atoms with Crippen LogP contribution in [0.2, 0.25) is 0 Å². The number of aryl methyl sites for hydroxylation is 1. The summed E-state index contributed by atoms with van der Waals surface area (Å²) >= 11 is 0. The molecule has 0 spiro atoms. The summed E-state index contributed by atoms with van der Waals surface area (Å²) in [4.78, 5) is 8.51. The van der Waals surface area contributed by atoms with Crippen LogP contribution >= 0.6 is 0 Å². The molecule has 0 aliphatic carbocycles. The molecule has 2 aromatic rings. The van der Waals surface area contributed by atoms with Gasteiger partial charge in [-0.3, -0.25) is 0 Å². The number of nitrogens with zero attached hydrogens (tertiary/aromatic N) is 2. The molecule has 0 saturated heterocycles. The third kappa shape index (κ3) is 2.79. The molecule has 0 aliphatic rings. The summed E-state index contributed by atoms with van der Waals surface area (Å²) < 4.78 is 0. The normalized spacial score (nSPS) is 10.5. The summed E-state index contributed by atoms with van der Waals surface area (Å²) in [6.07, 6.45) is 2.39. The van der Waals surface area contributed by atoms with Crippen molar-refractivity contribution in [1.29, 1.82) is 0 Å². The molecule has 0 amide bonds. The van der Waals surface area contributed by atoms with Crippen molar-refractivity contribution in [2.75, 3.05) is 5.73 Å². The lowest BCUT2D eigenvalue weighted by Crippen LogP contribution is -2.07. The zero-order chi connectivity index (χ0) is 12.3. The van der Waals surface area contributed by atoms with Crippen molar-refractivity contribution in [3.63, 3.8) is 0 Å². The van der Waals surface area contributed by atoms with Crippen LogP contribution in [0.3, 0.4) is 0 Å². The molecular weight excluding hydrogens is 212 g/mol. The molecule has 4 N–H and O–H groups in total. The topological polar surface area (TPSA) is 77.8 Å². The van der Waals surface area contributed by atoms with Crippen molar-refractivity contribution in [3.05, 3.63) is 53.0 Å². The van der Waals surface area contributed by atoms with Crippen LogP contribution in [-0.4, -0.2) is 9.97 Å². The van der Waals surface area contributed by atoms with Crippen molar-refractivity contribution in [2.45, 2.75) is 19.9 Å². The van der Waals surface area contributed by atoms with Gasteiger partial charge in [0, 0.05) is 24.7 Å². The third-order valence-electron chi connectivity index (χ3n) is 2.65. The molecule has 88 valence electrons. The Hall–Kier alpha value is -1.94. The quantitative estimate of drug-likeness (QED) is 0.832. The van der Waals surface area contributed by atoms with Gasteiger partial charge >= 0.3 is 0 Å². The number of anilines is 1. The zero-order valence-corrected chi connectivity index (χ0v) is 9.85. The molecule has 0 unspecified atom stereocenters. The SMILES string of the molecule is Cc1ccc(Cc2ncc(CN)c(N)n2)cc1. The second kappa shape index (κ2) is 4.93. The molecule has 1 heterocycles. The first-order valence-corrected chi connectivity index (χ1v) is 5.55. The third-order valence-corrected chi connectivity index (χ3v) is 2.65. The first kappa shape index (κ1) is 11.5. The Morgan fingerprint density at radius 2 is 1.88 bits per heavy atom. The average molecular weight is 228 g/mol. The lowest BCUT2D eigenvalue weighted by Gasteiger charge is -2.05. The fraction of sp³-hybridized carbons (Fsp3) is 0.231. The Morgan fingerprint density at radius 3 is 2.47 bits per heavy atom. The first-order chi connectivity index (χ1) is 8.19. The van der Waals surface area contributed by atoms with Gasteiger partial charge in [-0.25, -0.2) is 9.97 Å². The van der Waals surface area contributed by atoms with E-state index in [2.05, 4.69) is 41.2 Å². The molecule has 0 aliphatic heterocycles. The van der Waals surface area contributed by atoms with Crippen LogP contribution in [0.5, 0.6) is 0 Å². The number of benzene rings is 1. The van der Waals surface area contributed by atoms with Gasteiger partial charge in [-0.15, -0.1) is 0 Å². The Labute approximate surface area is 101 Å². The Bertz CT molecular complexity index is 505. The average Bonchev–Trinajstić information content (AvgIpc) is 2.32. The van der Waals surface area contributed by atoms with E-state index < -0.39 is 0 Å². The van der Waals surface area contributed by atoms with Gasteiger partial charge in [0.15, 0.2) is 0 Å². The molecular formula is C13H16N4. The van der Waals surface area contributed by atoms with Gasteiger partial charge in [0.25, 0.3) is 0 Å². The van der Waals surface area contributed by atoms with Crippen molar-refractivity contribution in [1.82, 2.24) is 9.97 Å². The van der Waals surface area contributed by atoms with E-state index in [0.717, 1.165) is 11.4 Å². The molecule has 0 bridgehead atoms. The standard InChI is InChI=1S/C13H16N4/c1-9-2-4-10(5-3-9)6-12-16-8-11(7-14)13(15)17-12/h2-5,8H,6-7,14H2,1H3,(H2,15,16,17).